The van der Waals surface area contributed by atoms with E-state index in [4.69, 9.17) is 5.73 Å². The molecule has 1 aromatic rings. The molecule has 4 heteroatoms. The third kappa shape index (κ3) is 2.76. The fraction of sp³-hybridized carbons (Fsp3) is 0.615. The average Bonchev–Trinajstić information content (AvgIpc) is 2.39. The quantitative estimate of drug-likeness (QED) is 0.855. The van der Waals surface area contributed by atoms with Crippen molar-refractivity contribution in [3.63, 3.8) is 0 Å². The molecule has 1 aromatic heterocycles. The standard InChI is InChI=1S/C13H22N4/c1-3-16-7-9-17(10-8-16)13-12(11(2)14)5-4-6-15-13/h4-6,11H,3,7-10,14H2,1-2H3/t11-/m1/s1. The van der Waals surface area contributed by atoms with Crippen LogP contribution in [0.3, 0.4) is 0 Å². The van der Waals surface area contributed by atoms with Crippen LogP contribution in [0.5, 0.6) is 0 Å². The second kappa shape index (κ2) is 5.47. The highest BCUT2D eigenvalue weighted by atomic mass is 15.3. The van der Waals surface area contributed by atoms with Crippen molar-refractivity contribution >= 4 is 5.82 Å². The van der Waals surface area contributed by atoms with Crippen LogP contribution in [0.15, 0.2) is 18.3 Å². The average molecular weight is 234 g/mol. The van der Waals surface area contributed by atoms with Gasteiger partial charge in [-0.3, -0.25) is 0 Å². The summed E-state index contributed by atoms with van der Waals surface area (Å²) < 4.78 is 0. The SMILES string of the molecule is CCN1CCN(c2ncccc2[C@@H](C)N)CC1. The van der Waals surface area contributed by atoms with Gasteiger partial charge in [0, 0.05) is 44.0 Å². The summed E-state index contributed by atoms with van der Waals surface area (Å²) in [6.07, 6.45) is 1.85. The van der Waals surface area contributed by atoms with Gasteiger partial charge in [0.2, 0.25) is 0 Å². The molecule has 94 valence electrons. The molecule has 1 aliphatic rings. The van der Waals surface area contributed by atoms with Crippen LogP contribution in [0, 0.1) is 0 Å². The molecule has 0 aromatic carbocycles. The van der Waals surface area contributed by atoms with Gasteiger partial charge in [0.05, 0.1) is 0 Å². The highest BCUT2D eigenvalue weighted by Crippen LogP contribution is 2.23. The number of anilines is 1. The third-order valence-corrected chi connectivity index (χ3v) is 3.43. The van der Waals surface area contributed by atoms with Gasteiger partial charge in [-0.05, 0) is 19.5 Å². The van der Waals surface area contributed by atoms with Crippen LogP contribution in [-0.4, -0.2) is 42.6 Å². The Labute approximate surface area is 103 Å². The summed E-state index contributed by atoms with van der Waals surface area (Å²) in [5.74, 6) is 1.07. The lowest BCUT2D eigenvalue weighted by atomic mass is 10.1. The zero-order chi connectivity index (χ0) is 12.3. The second-order valence-corrected chi connectivity index (χ2v) is 4.63. The van der Waals surface area contributed by atoms with Gasteiger partial charge in [0.15, 0.2) is 0 Å². The highest BCUT2D eigenvalue weighted by Gasteiger charge is 2.19. The molecule has 0 bridgehead atoms. The van der Waals surface area contributed by atoms with Crippen molar-refractivity contribution in [3.8, 4) is 0 Å². The van der Waals surface area contributed by atoms with E-state index in [0.717, 1.165) is 44.1 Å². The number of piperazine rings is 1. The Balaban J connectivity index is 2.13. The molecule has 0 amide bonds. The second-order valence-electron chi connectivity index (χ2n) is 4.63. The molecule has 2 heterocycles. The molecule has 0 saturated carbocycles. The van der Waals surface area contributed by atoms with Crippen molar-refractivity contribution in [2.24, 2.45) is 5.73 Å². The first kappa shape index (κ1) is 12.3. The largest absolute Gasteiger partial charge is 0.354 e. The minimum absolute atomic E-state index is 0.0444. The van der Waals surface area contributed by atoms with Gasteiger partial charge >= 0.3 is 0 Å². The molecule has 1 aliphatic heterocycles. The summed E-state index contributed by atoms with van der Waals surface area (Å²) in [5, 5.41) is 0. The maximum Gasteiger partial charge on any atom is 0.133 e. The Morgan fingerprint density at radius 3 is 2.65 bits per heavy atom. The Bertz CT molecular complexity index is 356. The number of nitrogens with two attached hydrogens (primary N) is 1. The number of hydrogen-bond donors (Lipinski definition) is 1. The summed E-state index contributed by atoms with van der Waals surface area (Å²) in [5.41, 5.74) is 7.15. The minimum atomic E-state index is 0.0444. The zero-order valence-electron chi connectivity index (χ0n) is 10.8. The van der Waals surface area contributed by atoms with Gasteiger partial charge < -0.3 is 15.5 Å². The van der Waals surface area contributed by atoms with E-state index in [0.29, 0.717) is 0 Å². The van der Waals surface area contributed by atoms with E-state index >= 15 is 0 Å². The van der Waals surface area contributed by atoms with E-state index in [-0.39, 0.29) is 6.04 Å². The van der Waals surface area contributed by atoms with Crippen LogP contribution < -0.4 is 10.6 Å². The van der Waals surface area contributed by atoms with E-state index in [1.807, 2.05) is 19.2 Å². The van der Waals surface area contributed by atoms with E-state index in [1.165, 1.54) is 0 Å². The van der Waals surface area contributed by atoms with Crippen molar-refractivity contribution in [3.05, 3.63) is 23.9 Å². The zero-order valence-corrected chi connectivity index (χ0v) is 10.8. The van der Waals surface area contributed by atoms with Crippen LogP contribution in [0.25, 0.3) is 0 Å². The Morgan fingerprint density at radius 1 is 1.35 bits per heavy atom. The first-order valence-electron chi connectivity index (χ1n) is 6.40. The number of pyridine rings is 1. The highest BCUT2D eigenvalue weighted by molar-refractivity contribution is 5.48. The first-order chi connectivity index (χ1) is 8.22. The van der Waals surface area contributed by atoms with Crippen LogP contribution in [0.4, 0.5) is 5.82 Å². The molecule has 1 fully saturated rings. The van der Waals surface area contributed by atoms with Gasteiger partial charge in [0.1, 0.15) is 5.82 Å². The minimum Gasteiger partial charge on any atom is -0.354 e. The first-order valence-corrected chi connectivity index (χ1v) is 6.40. The molecule has 17 heavy (non-hydrogen) atoms. The summed E-state index contributed by atoms with van der Waals surface area (Å²) in [7, 11) is 0. The normalized spacial score (nSPS) is 19.4. The molecular formula is C13H22N4. The number of likely N-dealkylation sites (N-methyl/N-ethyl adjacent to an activating group) is 1. The lowest BCUT2D eigenvalue weighted by Crippen LogP contribution is -2.46. The fourth-order valence-electron chi connectivity index (χ4n) is 2.30. The molecule has 2 rings (SSSR count). The van der Waals surface area contributed by atoms with Gasteiger partial charge in [-0.1, -0.05) is 13.0 Å². The Hall–Kier alpha value is -1.13. The van der Waals surface area contributed by atoms with Crippen LogP contribution in [0.2, 0.25) is 0 Å². The summed E-state index contributed by atoms with van der Waals surface area (Å²) in [4.78, 5) is 9.32. The monoisotopic (exact) mass is 234 g/mol. The predicted molar refractivity (Wildman–Crippen MR) is 71.2 cm³/mol. The molecule has 1 saturated heterocycles. The van der Waals surface area contributed by atoms with E-state index in [9.17, 15) is 0 Å². The van der Waals surface area contributed by atoms with Crippen LogP contribution in [-0.2, 0) is 0 Å². The van der Waals surface area contributed by atoms with Gasteiger partial charge in [0.25, 0.3) is 0 Å². The van der Waals surface area contributed by atoms with Crippen molar-refractivity contribution < 1.29 is 0 Å². The topological polar surface area (TPSA) is 45.4 Å². The number of rotatable bonds is 3. The number of hydrogen-bond acceptors (Lipinski definition) is 4. The maximum atomic E-state index is 6.00. The third-order valence-electron chi connectivity index (χ3n) is 3.43. The van der Waals surface area contributed by atoms with E-state index in [2.05, 4.69) is 27.8 Å². The fourth-order valence-corrected chi connectivity index (χ4v) is 2.30. The molecule has 0 unspecified atom stereocenters. The summed E-state index contributed by atoms with van der Waals surface area (Å²) in [6, 6.07) is 4.09. The molecule has 4 nitrogen and oxygen atoms in total. The van der Waals surface area contributed by atoms with Crippen molar-refractivity contribution in [1.82, 2.24) is 9.88 Å². The summed E-state index contributed by atoms with van der Waals surface area (Å²) in [6.45, 7) is 9.69. The van der Waals surface area contributed by atoms with Crippen molar-refractivity contribution in [2.45, 2.75) is 19.9 Å². The van der Waals surface area contributed by atoms with E-state index in [1.54, 1.807) is 0 Å². The Morgan fingerprint density at radius 2 is 2.06 bits per heavy atom. The van der Waals surface area contributed by atoms with Crippen LogP contribution >= 0.6 is 0 Å². The van der Waals surface area contributed by atoms with Crippen LogP contribution in [0.1, 0.15) is 25.5 Å². The lowest BCUT2D eigenvalue weighted by molar-refractivity contribution is 0.270. The predicted octanol–water partition coefficient (Wildman–Crippen LogP) is 1.24. The molecule has 0 radical (unpaired) electrons. The maximum absolute atomic E-state index is 6.00. The number of nitrogens with zero attached hydrogens (tertiary/aromatic N) is 3. The van der Waals surface area contributed by atoms with Crippen molar-refractivity contribution in [2.75, 3.05) is 37.6 Å². The molecule has 2 N–H and O–H groups in total. The van der Waals surface area contributed by atoms with Gasteiger partial charge in [-0.15, -0.1) is 0 Å². The number of aromatic nitrogens is 1. The van der Waals surface area contributed by atoms with Gasteiger partial charge in [-0.2, -0.15) is 0 Å². The summed E-state index contributed by atoms with van der Waals surface area (Å²) >= 11 is 0. The lowest BCUT2D eigenvalue weighted by Gasteiger charge is -2.36. The Kier molecular flexibility index (Phi) is 3.97. The molecule has 0 spiro atoms. The van der Waals surface area contributed by atoms with E-state index < -0.39 is 0 Å². The molecule has 0 aliphatic carbocycles. The van der Waals surface area contributed by atoms with Crippen molar-refractivity contribution in [1.29, 1.82) is 0 Å². The molecular weight excluding hydrogens is 212 g/mol. The molecule has 1 atom stereocenters. The smallest absolute Gasteiger partial charge is 0.133 e. The van der Waals surface area contributed by atoms with Gasteiger partial charge in [-0.25, -0.2) is 4.98 Å².